The van der Waals surface area contributed by atoms with Crippen molar-refractivity contribution in [2.75, 3.05) is 33.7 Å². The Morgan fingerprint density at radius 1 is 1.18 bits per heavy atom. The van der Waals surface area contributed by atoms with Crippen LogP contribution in [0.25, 0.3) is 0 Å². The van der Waals surface area contributed by atoms with Gasteiger partial charge in [0.2, 0.25) is 0 Å². The van der Waals surface area contributed by atoms with Gasteiger partial charge in [0.15, 0.2) is 0 Å². The summed E-state index contributed by atoms with van der Waals surface area (Å²) in [6.07, 6.45) is 2.68. The molecule has 0 spiro atoms. The van der Waals surface area contributed by atoms with Gasteiger partial charge < -0.3 is 9.80 Å². The van der Waals surface area contributed by atoms with Crippen molar-refractivity contribution in [1.82, 2.24) is 14.7 Å². The fraction of sp³-hybridized carbons (Fsp3) is 0.923. The number of amides is 2. The highest BCUT2D eigenvalue weighted by Crippen LogP contribution is 2.33. The number of hydrogen-bond acceptors (Lipinski definition) is 2. The minimum absolute atomic E-state index is 0.151. The van der Waals surface area contributed by atoms with Crippen molar-refractivity contribution in [2.24, 2.45) is 5.92 Å². The van der Waals surface area contributed by atoms with E-state index in [1.807, 2.05) is 19.0 Å². The van der Waals surface area contributed by atoms with Crippen molar-refractivity contribution < 1.29 is 4.79 Å². The first-order valence-corrected chi connectivity index (χ1v) is 6.71. The molecule has 0 aromatic rings. The predicted molar refractivity (Wildman–Crippen MR) is 69.0 cm³/mol. The van der Waals surface area contributed by atoms with Gasteiger partial charge in [0, 0.05) is 45.8 Å². The smallest absolute Gasteiger partial charge is 0.319 e. The maximum absolute atomic E-state index is 11.9. The van der Waals surface area contributed by atoms with Gasteiger partial charge in [0.1, 0.15) is 0 Å². The Balaban J connectivity index is 1.87. The summed E-state index contributed by atoms with van der Waals surface area (Å²) in [5.41, 5.74) is 0. The molecule has 4 heteroatoms. The van der Waals surface area contributed by atoms with Crippen molar-refractivity contribution in [3.05, 3.63) is 0 Å². The highest BCUT2D eigenvalue weighted by molar-refractivity contribution is 5.74. The fourth-order valence-electron chi connectivity index (χ4n) is 3.10. The highest BCUT2D eigenvalue weighted by Gasteiger charge is 2.36. The third-order valence-electron chi connectivity index (χ3n) is 4.15. The molecule has 2 fully saturated rings. The lowest BCUT2D eigenvalue weighted by Crippen LogP contribution is -2.60. The lowest BCUT2D eigenvalue weighted by Gasteiger charge is -2.49. The van der Waals surface area contributed by atoms with Crippen LogP contribution in [0, 0.1) is 5.92 Å². The standard InChI is InChI=1S/C13H25N3O/c1-10-7-12(8-10)16-6-5-15(9-11(16)2)13(17)14(3)4/h10-12H,5-9H2,1-4H3. The minimum Gasteiger partial charge on any atom is -0.331 e. The van der Waals surface area contributed by atoms with Crippen molar-refractivity contribution in [3.8, 4) is 0 Å². The largest absolute Gasteiger partial charge is 0.331 e. The molecule has 1 aliphatic heterocycles. The van der Waals surface area contributed by atoms with E-state index < -0.39 is 0 Å². The Kier molecular flexibility index (Phi) is 3.61. The monoisotopic (exact) mass is 239 g/mol. The van der Waals surface area contributed by atoms with Crippen molar-refractivity contribution >= 4 is 6.03 Å². The zero-order valence-electron chi connectivity index (χ0n) is 11.5. The molecule has 0 aromatic carbocycles. The van der Waals surface area contributed by atoms with E-state index in [1.54, 1.807) is 4.90 Å². The SMILES string of the molecule is CC1CC(N2CCN(C(=O)N(C)C)CC2C)C1. The lowest BCUT2D eigenvalue weighted by molar-refractivity contribution is 0.00880. The molecule has 0 N–H and O–H groups in total. The van der Waals surface area contributed by atoms with Gasteiger partial charge in [0.05, 0.1) is 0 Å². The molecule has 1 aliphatic carbocycles. The summed E-state index contributed by atoms with van der Waals surface area (Å²) in [7, 11) is 3.65. The first-order valence-electron chi connectivity index (χ1n) is 6.71. The van der Waals surface area contributed by atoms with Gasteiger partial charge in [-0.25, -0.2) is 4.79 Å². The zero-order chi connectivity index (χ0) is 12.6. The summed E-state index contributed by atoms with van der Waals surface area (Å²) in [4.78, 5) is 18.1. The second-order valence-electron chi connectivity index (χ2n) is 5.94. The summed E-state index contributed by atoms with van der Waals surface area (Å²) in [5.74, 6) is 0.897. The molecule has 17 heavy (non-hydrogen) atoms. The Morgan fingerprint density at radius 3 is 2.29 bits per heavy atom. The molecule has 0 aromatic heterocycles. The Labute approximate surface area is 105 Å². The van der Waals surface area contributed by atoms with E-state index in [1.165, 1.54) is 12.8 Å². The van der Waals surface area contributed by atoms with Gasteiger partial charge in [-0.1, -0.05) is 6.92 Å². The minimum atomic E-state index is 0.151. The van der Waals surface area contributed by atoms with Crippen LogP contribution in [-0.2, 0) is 0 Å². The van der Waals surface area contributed by atoms with E-state index in [0.29, 0.717) is 6.04 Å². The number of piperazine rings is 1. The van der Waals surface area contributed by atoms with Crippen molar-refractivity contribution in [2.45, 2.75) is 38.8 Å². The summed E-state index contributed by atoms with van der Waals surface area (Å²) in [5, 5.41) is 0. The second-order valence-corrected chi connectivity index (χ2v) is 5.94. The van der Waals surface area contributed by atoms with Gasteiger partial charge in [0.25, 0.3) is 0 Å². The molecule has 1 heterocycles. The Bertz CT molecular complexity index is 286. The van der Waals surface area contributed by atoms with Crippen LogP contribution in [0.5, 0.6) is 0 Å². The average molecular weight is 239 g/mol. The predicted octanol–water partition coefficient (Wildman–Crippen LogP) is 1.47. The second kappa shape index (κ2) is 4.84. The molecule has 98 valence electrons. The number of carbonyl (C=O) groups is 1. The maximum atomic E-state index is 11.9. The number of carbonyl (C=O) groups excluding carboxylic acids is 1. The first-order chi connectivity index (χ1) is 7.99. The molecule has 0 radical (unpaired) electrons. The molecule has 1 saturated heterocycles. The Morgan fingerprint density at radius 2 is 1.82 bits per heavy atom. The summed E-state index contributed by atoms with van der Waals surface area (Å²) in [6, 6.07) is 1.43. The third-order valence-corrected chi connectivity index (χ3v) is 4.15. The van der Waals surface area contributed by atoms with E-state index in [2.05, 4.69) is 18.7 Å². The zero-order valence-corrected chi connectivity index (χ0v) is 11.5. The molecule has 1 saturated carbocycles. The van der Waals surface area contributed by atoms with Crippen LogP contribution in [0.15, 0.2) is 0 Å². The van der Waals surface area contributed by atoms with Crippen molar-refractivity contribution in [3.63, 3.8) is 0 Å². The molecular weight excluding hydrogens is 214 g/mol. The number of nitrogens with zero attached hydrogens (tertiary/aromatic N) is 3. The van der Waals surface area contributed by atoms with E-state index in [4.69, 9.17) is 0 Å². The molecule has 2 aliphatic rings. The van der Waals surface area contributed by atoms with E-state index in [9.17, 15) is 4.79 Å². The van der Waals surface area contributed by atoms with Gasteiger partial charge in [-0.3, -0.25) is 4.90 Å². The van der Waals surface area contributed by atoms with E-state index >= 15 is 0 Å². The van der Waals surface area contributed by atoms with Gasteiger partial charge in [-0.15, -0.1) is 0 Å². The number of rotatable bonds is 1. The first kappa shape index (κ1) is 12.7. The van der Waals surface area contributed by atoms with Gasteiger partial charge >= 0.3 is 6.03 Å². The summed E-state index contributed by atoms with van der Waals surface area (Å²) >= 11 is 0. The number of hydrogen-bond donors (Lipinski definition) is 0. The lowest BCUT2D eigenvalue weighted by atomic mass is 9.80. The Hall–Kier alpha value is -0.770. The molecule has 2 rings (SSSR count). The summed E-state index contributed by atoms with van der Waals surface area (Å²) < 4.78 is 0. The van der Waals surface area contributed by atoms with Crippen LogP contribution in [0.1, 0.15) is 26.7 Å². The fourth-order valence-corrected chi connectivity index (χ4v) is 3.10. The van der Waals surface area contributed by atoms with Crippen LogP contribution < -0.4 is 0 Å². The van der Waals surface area contributed by atoms with E-state index in [-0.39, 0.29) is 6.03 Å². The number of urea groups is 1. The molecule has 1 unspecified atom stereocenters. The molecular formula is C13H25N3O. The molecule has 2 amide bonds. The van der Waals surface area contributed by atoms with E-state index in [0.717, 1.165) is 31.6 Å². The molecule has 1 atom stereocenters. The summed E-state index contributed by atoms with van der Waals surface area (Å²) in [6.45, 7) is 7.37. The van der Waals surface area contributed by atoms with Crippen LogP contribution >= 0.6 is 0 Å². The molecule has 4 nitrogen and oxygen atoms in total. The topological polar surface area (TPSA) is 26.8 Å². The van der Waals surface area contributed by atoms with Crippen LogP contribution in [0.2, 0.25) is 0 Å². The van der Waals surface area contributed by atoms with Crippen LogP contribution in [0.4, 0.5) is 4.79 Å². The third kappa shape index (κ3) is 2.57. The normalized spacial score (nSPS) is 34.4. The highest BCUT2D eigenvalue weighted by atomic mass is 16.2. The van der Waals surface area contributed by atoms with Gasteiger partial charge in [-0.2, -0.15) is 0 Å². The van der Waals surface area contributed by atoms with Gasteiger partial charge in [-0.05, 0) is 25.7 Å². The van der Waals surface area contributed by atoms with Crippen molar-refractivity contribution in [1.29, 1.82) is 0 Å². The quantitative estimate of drug-likeness (QED) is 0.693. The van der Waals surface area contributed by atoms with Crippen LogP contribution in [0.3, 0.4) is 0 Å². The van der Waals surface area contributed by atoms with Crippen LogP contribution in [-0.4, -0.2) is 66.5 Å². The average Bonchev–Trinajstić information content (AvgIpc) is 2.24. The maximum Gasteiger partial charge on any atom is 0.319 e. The molecule has 0 bridgehead atoms.